The van der Waals surface area contributed by atoms with Gasteiger partial charge in [-0.05, 0) is 44.4 Å². The summed E-state index contributed by atoms with van der Waals surface area (Å²) < 4.78 is 5.57. The Morgan fingerprint density at radius 2 is 2.11 bits per heavy atom. The Bertz CT molecular complexity index is 407. The number of halogens is 1. The number of hydrogen-bond acceptors (Lipinski definition) is 2. The minimum Gasteiger partial charge on any atom is -0.491 e. The van der Waals surface area contributed by atoms with E-state index in [0.29, 0.717) is 23.9 Å². The molecule has 0 spiro atoms. The Hall–Kier alpha value is -1.22. The van der Waals surface area contributed by atoms with Crippen molar-refractivity contribution < 1.29 is 9.53 Å². The van der Waals surface area contributed by atoms with Crippen molar-refractivity contribution in [2.75, 3.05) is 12.4 Å². The van der Waals surface area contributed by atoms with Gasteiger partial charge in [0, 0.05) is 18.0 Å². The van der Waals surface area contributed by atoms with Crippen LogP contribution < -0.4 is 10.1 Å². The van der Waals surface area contributed by atoms with Gasteiger partial charge in [-0.3, -0.25) is 4.79 Å². The fourth-order valence-electron chi connectivity index (χ4n) is 1.64. The van der Waals surface area contributed by atoms with Crippen molar-refractivity contribution in [3.63, 3.8) is 0 Å². The maximum absolute atomic E-state index is 12.0. The molecule has 1 atom stereocenters. The lowest BCUT2D eigenvalue weighted by atomic mass is 10.1. The minimum absolute atomic E-state index is 0.0735. The fraction of sp³-hybridized carbons (Fsp3) is 0.533. The molecular formula is C15H22ClNO2. The predicted molar refractivity (Wildman–Crippen MR) is 79.0 cm³/mol. The number of rotatable bonds is 7. The molecule has 1 rings (SSSR count). The highest BCUT2D eigenvalue weighted by Crippen LogP contribution is 2.15. The molecule has 0 aliphatic carbocycles. The van der Waals surface area contributed by atoms with Crippen LogP contribution in [0.1, 0.15) is 37.6 Å². The summed E-state index contributed by atoms with van der Waals surface area (Å²) in [7, 11) is 0. The highest BCUT2D eigenvalue weighted by molar-refractivity contribution is 6.17. The zero-order valence-corrected chi connectivity index (χ0v) is 12.5. The molecule has 1 unspecified atom stereocenters. The van der Waals surface area contributed by atoms with Gasteiger partial charge in [0.2, 0.25) is 0 Å². The van der Waals surface area contributed by atoms with Gasteiger partial charge in [0.05, 0.1) is 6.10 Å². The van der Waals surface area contributed by atoms with Crippen LogP contribution in [0.15, 0.2) is 24.3 Å². The van der Waals surface area contributed by atoms with Gasteiger partial charge in [0.25, 0.3) is 5.91 Å². The molecule has 0 saturated heterocycles. The van der Waals surface area contributed by atoms with Crippen LogP contribution in [0, 0.1) is 5.92 Å². The number of ether oxygens (including phenoxy) is 1. The normalized spacial score (nSPS) is 12.3. The number of nitrogens with one attached hydrogen (secondary N) is 1. The molecular weight excluding hydrogens is 262 g/mol. The van der Waals surface area contributed by atoms with Crippen LogP contribution in [0.3, 0.4) is 0 Å². The molecule has 0 fully saturated rings. The van der Waals surface area contributed by atoms with Crippen molar-refractivity contribution in [3.8, 4) is 5.75 Å². The third-order valence-electron chi connectivity index (χ3n) is 2.68. The molecule has 19 heavy (non-hydrogen) atoms. The zero-order valence-electron chi connectivity index (χ0n) is 11.8. The van der Waals surface area contributed by atoms with Crippen LogP contribution in [0.5, 0.6) is 5.75 Å². The Kier molecular flexibility index (Phi) is 6.71. The van der Waals surface area contributed by atoms with E-state index < -0.39 is 0 Å². The first-order chi connectivity index (χ1) is 9.02. The molecule has 0 bridgehead atoms. The summed E-state index contributed by atoms with van der Waals surface area (Å²) in [5.74, 6) is 1.65. The van der Waals surface area contributed by atoms with Gasteiger partial charge in [-0.15, -0.1) is 11.6 Å². The van der Waals surface area contributed by atoms with Crippen molar-refractivity contribution >= 4 is 17.5 Å². The van der Waals surface area contributed by atoms with Crippen molar-refractivity contribution in [1.29, 1.82) is 0 Å². The molecule has 0 aromatic heterocycles. The third-order valence-corrected chi connectivity index (χ3v) is 2.90. The van der Waals surface area contributed by atoms with Gasteiger partial charge < -0.3 is 10.1 Å². The topological polar surface area (TPSA) is 38.3 Å². The predicted octanol–water partition coefficient (Wildman–Crippen LogP) is 3.47. The quantitative estimate of drug-likeness (QED) is 0.778. The summed E-state index contributed by atoms with van der Waals surface area (Å²) in [6.45, 7) is 6.63. The lowest BCUT2D eigenvalue weighted by Crippen LogP contribution is -2.28. The van der Waals surface area contributed by atoms with E-state index in [9.17, 15) is 4.79 Å². The molecule has 106 valence electrons. The summed E-state index contributed by atoms with van der Waals surface area (Å²) in [5, 5.41) is 2.91. The van der Waals surface area contributed by atoms with E-state index in [0.717, 1.165) is 12.2 Å². The van der Waals surface area contributed by atoms with E-state index >= 15 is 0 Å². The highest BCUT2D eigenvalue weighted by Gasteiger charge is 2.09. The second-order valence-corrected chi connectivity index (χ2v) is 5.37. The van der Waals surface area contributed by atoms with Crippen LogP contribution in [-0.2, 0) is 0 Å². The van der Waals surface area contributed by atoms with Gasteiger partial charge in [-0.2, -0.15) is 0 Å². The monoisotopic (exact) mass is 283 g/mol. The van der Waals surface area contributed by atoms with Gasteiger partial charge in [-0.1, -0.05) is 13.0 Å². The molecule has 4 heteroatoms. The molecule has 1 aromatic carbocycles. The van der Waals surface area contributed by atoms with E-state index in [4.69, 9.17) is 16.3 Å². The minimum atomic E-state index is -0.0735. The van der Waals surface area contributed by atoms with Crippen LogP contribution in [0.4, 0.5) is 0 Å². The molecule has 0 radical (unpaired) electrons. The van der Waals surface area contributed by atoms with Crippen molar-refractivity contribution in [2.45, 2.75) is 33.3 Å². The zero-order chi connectivity index (χ0) is 14.3. The Labute approximate surface area is 120 Å². The average Bonchev–Trinajstić information content (AvgIpc) is 2.36. The van der Waals surface area contributed by atoms with Crippen LogP contribution in [0.2, 0.25) is 0 Å². The largest absolute Gasteiger partial charge is 0.491 e. The highest BCUT2D eigenvalue weighted by atomic mass is 35.5. The lowest BCUT2D eigenvalue weighted by molar-refractivity contribution is 0.0947. The number of alkyl halides is 1. The molecule has 0 aliphatic heterocycles. The number of amides is 1. The Morgan fingerprint density at radius 3 is 2.74 bits per heavy atom. The van der Waals surface area contributed by atoms with Gasteiger partial charge in [-0.25, -0.2) is 0 Å². The number of hydrogen-bond donors (Lipinski definition) is 1. The molecule has 1 amide bonds. The fourth-order valence-corrected chi connectivity index (χ4v) is 2.01. The van der Waals surface area contributed by atoms with E-state index in [-0.39, 0.29) is 12.0 Å². The second kappa shape index (κ2) is 8.05. The summed E-state index contributed by atoms with van der Waals surface area (Å²) in [6, 6.07) is 7.23. The van der Waals surface area contributed by atoms with E-state index in [1.165, 1.54) is 0 Å². The molecule has 0 heterocycles. The lowest BCUT2D eigenvalue weighted by Gasteiger charge is -2.13. The SMILES string of the molecule is CC(CCCl)CNC(=O)c1cccc(OC(C)C)c1. The van der Waals surface area contributed by atoms with Crippen molar-refractivity contribution in [3.05, 3.63) is 29.8 Å². The van der Waals surface area contributed by atoms with Crippen LogP contribution in [0.25, 0.3) is 0 Å². The number of carbonyl (C=O) groups excluding carboxylic acids is 1. The Morgan fingerprint density at radius 1 is 1.37 bits per heavy atom. The molecule has 3 nitrogen and oxygen atoms in total. The first kappa shape index (κ1) is 15.8. The average molecular weight is 284 g/mol. The maximum Gasteiger partial charge on any atom is 0.251 e. The van der Waals surface area contributed by atoms with Crippen LogP contribution in [-0.4, -0.2) is 24.4 Å². The maximum atomic E-state index is 12.0. The molecule has 1 aromatic rings. The summed E-state index contributed by atoms with van der Waals surface area (Å²) in [4.78, 5) is 12.0. The smallest absolute Gasteiger partial charge is 0.251 e. The van der Waals surface area contributed by atoms with Crippen molar-refractivity contribution in [1.82, 2.24) is 5.32 Å². The summed E-state index contributed by atoms with van der Waals surface area (Å²) in [5.41, 5.74) is 0.622. The second-order valence-electron chi connectivity index (χ2n) is 4.99. The standard InChI is InChI=1S/C15H22ClNO2/c1-11(2)19-14-6-4-5-13(9-14)15(18)17-10-12(3)7-8-16/h4-6,9,11-12H,7-8,10H2,1-3H3,(H,17,18). The van der Waals surface area contributed by atoms with E-state index in [1.54, 1.807) is 12.1 Å². The summed E-state index contributed by atoms with van der Waals surface area (Å²) >= 11 is 5.67. The van der Waals surface area contributed by atoms with E-state index in [2.05, 4.69) is 12.2 Å². The Balaban J connectivity index is 2.56. The van der Waals surface area contributed by atoms with Gasteiger partial charge >= 0.3 is 0 Å². The molecule has 0 aliphatic rings. The molecule has 0 saturated carbocycles. The first-order valence-corrected chi connectivity index (χ1v) is 7.17. The third kappa shape index (κ3) is 5.97. The van der Waals surface area contributed by atoms with E-state index in [1.807, 2.05) is 26.0 Å². The number of benzene rings is 1. The number of carbonyl (C=O) groups is 1. The summed E-state index contributed by atoms with van der Waals surface area (Å²) in [6.07, 6.45) is 1.00. The molecule has 1 N–H and O–H groups in total. The first-order valence-electron chi connectivity index (χ1n) is 6.63. The van der Waals surface area contributed by atoms with Gasteiger partial charge in [0.1, 0.15) is 5.75 Å². The van der Waals surface area contributed by atoms with Crippen molar-refractivity contribution in [2.24, 2.45) is 5.92 Å². The van der Waals surface area contributed by atoms with Crippen LogP contribution >= 0.6 is 11.6 Å². The van der Waals surface area contributed by atoms with Gasteiger partial charge in [0.15, 0.2) is 0 Å².